The third-order valence-electron chi connectivity index (χ3n) is 4.26. The van der Waals surface area contributed by atoms with Gasteiger partial charge in [-0.1, -0.05) is 43.2 Å². The van der Waals surface area contributed by atoms with Gasteiger partial charge in [-0.2, -0.15) is 11.8 Å². The van der Waals surface area contributed by atoms with Gasteiger partial charge in [-0.15, -0.1) is 0 Å². The van der Waals surface area contributed by atoms with Crippen LogP contribution in [0.2, 0.25) is 0 Å². The summed E-state index contributed by atoms with van der Waals surface area (Å²) in [6.07, 6.45) is 5.39. The minimum Gasteiger partial charge on any atom is -0.368 e. The molecular formula is C16H24N2OS. The number of nitrogens with two attached hydrogens (primary N) is 1. The molecule has 1 unspecified atom stereocenters. The van der Waals surface area contributed by atoms with E-state index in [1.807, 2.05) is 49.1 Å². The van der Waals surface area contributed by atoms with Crippen molar-refractivity contribution in [2.75, 3.05) is 18.6 Å². The van der Waals surface area contributed by atoms with Gasteiger partial charge in [0.2, 0.25) is 5.91 Å². The van der Waals surface area contributed by atoms with Crippen molar-refractivity contribution in [2.45, 2.75) is 31.2 Å². The van der Waals surface area contributed by atoms with Gasteiger partial charge < -0.3 is 11.1 Å². The summed E-state index contributed by atoms with van der Waals surface area (Å²) in [4.78, 5) is 12.0. The lowest BCUT2D eigenvalue weighted by Crippen LogP contribution is -2.53. The van der Waals surface area contributed by atoms with Gasteiger partial charge >= 0.3 is 0 Å². The fourth-order valence-corrected chi connectivity index (χ4v) is 4.46. The number of primary amides is 1. The molecule has 2 rings (SSSR count). The first-order chi connectivity index (χ1) is 9.69. The minimum absolute atomic E-state index is 0.301. The molecule has 1 aliphatic rings. The lowest BCUT2D eigenvalue weighted by molar-refractivity contribution is -0.123. The molecule has 4 heteroatoms. The molecule has 0 aromatic heterocycles. The summed E-state index contributed by atoms with van der Waals surface area (Å²) in [6, 6.07) is 9.80. The van der Waals surface area contributed by atoms with Crippen molar-refractivity contribution >= 4 is 17.7 Å². The second-order valence-corrected chi connectivity index (χ2v) is 6.58. The van der Waals surface area contributed by atoms with Crippen LogP contribution in [0.3, 0.4) is 0 Å². The summed E-state index contributed by atoms with van der Waals surface area (Å²) in [5.41, 5.74) is 5.89. The number of carbonyl (C=O) groups excluding carboxylic acids is 1. The third kappa shape index (κ3) is 3.36. The maximum absolute atomic E-state index is 12.0. The Balaban J connectivity index is 2.05. The molecule has 1 amide bonds. The van der Waals surface area contributed by atoms with Gasteiger partial charge in [-0.05, 0) is 37.1 Å². The average Bonchev–Trinajstić information content (AvgIpc) is 2.97. The normalized spacial score (nSPS) is 18.9. The molecule has 3 N–H and O–H groups in total. The predicted octanol–water partition coefficient (Wildman–Crippen LogP) is 2.51. The smallest absolute Gasteiger partial charge is 0.243 e. The monoisotopic (exact) mass is 292 g/mol. The molecule has 0 aliphatic heterocycles. The number of carbonyl (C=O) groups is 1. The Hall–Kier alpha value is -1.00. The highest BCUT2D eigenvalue weighted by Gasteiger charge is 2.37. The molecule has 20 heavy (non-hydrogen) atoms. The van der Waals surface area contributed by atoms with Crippen LogP contribution in [-0.4, -0.2) is 24.5 Å². The highest BCUT2D eigenvalue weighted by atomic mass is 32.2. The van der Waals surface area contributed by atoms with Crippen molar-refractivity contribution in [2.24, 2.45) is 11.7 Å². The SMILES string of the molecule is CNC(CSCC1CCCC1)(C(N)=O)c1ccccc1. The number of benzene rings is 1. The van der Waals surface area contributed by atoms with Gasteiger partial charge in [0.1, 0.15) is 5.54 Å². The largest absolute Gasteiger partial charge is 0.368 e. The Morgan fingerprint density at radius 2 is 2.00 bits per heavy atom. The summed E-state index contributed by atoms with van der Waals surface area (Å²) in [5.74, 6) is 2.34. The first-order valence-electron chi connectivity index (χ1n) is 7.31. The summed E-state index contributed by atoms with van der Waals surface area (Å²) in [7, 11) is 1.81. The molecule has 0 saturated heterocycles. The zero-order chi connectivity index (χ0) is 14.4. The molecule has 1 fully saturated rings. The van der Waals surface area contributed by atoms with Crippen LogP contribution < -0.4 is 11.1 Å². The maximum atomic E-state index is 12.0. The van der Waals surface area contributed by atoms with Gasteiger partial charge in [0.25, 0.3) is 0 Å². The fraction of sp³-hybridized carbons (Fsp3) is 0.562. The molecule has 1 aromatic carbocycles. The van der Waals surface area contributed by atoms with Crippen molar-refractivity contribution < 1.29 is 4.79 Å². The highest BCUT2D eigenvalue weighted by Crippen LogP contribution is 2.31. The molecule has 110 valence electrons. The summed E-state index contributed by atoms with van der Waals surface area (Å²) >= 11 is 1.84. The predicted molar refractivity (Wildman–Crippen MR) is 85.7 cm³/mol. The molecule has 0 bridgehead atoms. The molecule has 1 aromatic rings. The van der Waals surface area contributed by atoms with E-state index in [-0.39, 0.29) is 5.91 Å². The number of likely N-dealkylation sites (N-methyl/N-ethyl adjacent to an activating group) is 1. The molecule has 3 nitrogen and oxygen atoms in total. The number of amides is 1. The van der Waals surface area contributed by atoms with Crippen LogP contribution in [-0.2, 0) is 10.3 Å². The second kappa shape index (κ2) is 7.14. The van der Waals surface area contributed by atoms with E-state index in [1.165, 1.54) is 25.7 Å². The van der Waals surface area contributed by atoms with Crippen LogP contribution in [0.15, 0.2) is 30.3 Å². The van der Waals surface area contributed by atoms with Crippen molar-refractivity contribution in [3.63, 3.8) is 0 Å². The Morgan fingerprint density at radius 1 is 1.35 bits per heavy atom. The average molecular weight is 292 g/mol. The number of rotatable bonds is 7. The number of hydrogen-bond acceptors (Lipinski definition) is 3. The summed E-state index contributed by atoms with van der Waals surface area (Å²) in [6.45, 7) is 0. The molecule has 0 radical (unpaired) electrons. The number of hydrogen-bond donors (Lipinski definition) is 2. The fourth-order valence-electron chi connectivity index (χ4n) is 2.91. The van der Waals surface area contributed by atoms with Crippen LogP contribution in [0.25, 0.3) is 0 Å². The minimum atomic E-state index is -0.759. The Bertz CT molecular complexity index is 431. The third-order valence-corrected chi connectivity index (χ3v) is 5.61. The molecule has 0 spiro atoms. The van der Waals surface area contributed by atoms with Crippen LogP contribution in [0.1, 0.15) is 31.2 Å². The van der Waals surface area contributed by atoms with E-state index in [0.29, 0.717) is 5.75 Å². The van der Waals surface area contributed by atoms with Crippen molar-refractivity contribution in [3.05, 3.63) is 35.9 Å². The topological polar surface area (TPSA) is 55.1 Å². The van der Waals surface area contributed by atoms with E-state index < -0.39 is 5.54 Å². The van der Waals surface area contributed by atoms with E-state index >= 15 is 0 Å². The van der Waals surface area contributed by atoms with E-state index in [4.69, 9.17) is 5.73 Å². The van der Waals surface area contributed by atoms with E-state index in [9.17, 15) is 4.79 Å². The van der Waals surface area contributed by atoms with Gasteiger partial charge in [-0.3, -0.25) is 4.79 Å². The molecular weight excluding hydrogens is 268 g/mol. The van der Waals surface area contributed by atoms with Crippen LogP contribution in [0.4, 0.5) is 0 Å². The quantitative estimate of drug-likeness (QED) is 0.812. The standard InChI is InChI=1S/C16H24N2OS/c1-18-16(15(17)19,14-9-3-2-4-10-14)12-20-11-13-7-5-6-8-13/h2-4,9-10,13,18H,5-8,11-12H2,1H3,(H2,17,19). The van der Waals surface area contributed by atoms with E-state index in [1.54, 1.807) is 0 Å². The first-order valence-corrected chi connectivity index (χ1v) is 8.46. The van der Waals surface area contributed by atoms with Gasteiger partial charge in [-0.25, -0.2) is 0 Å². The number of nitrogens with one attached hydrogen (secondary N) is 1. The summed E-state index contributed by atoms with van der Waals surface area (Å²) < 4.78 is 0. The molecule has 1 saturated carbocycles. The molecule has 0 heterocycles. The van der Waals surface area contributed by atoms with Gasteiger partial charge in [0.05, 0.1) is 0 Å². The Morgan fingerprint density at radius 3 is 2.55 bits per heavy atom. The summed E-state index contributed by atoms with van der Waals surface area (Å²) in [5, 5.41) is 3.16. The van der Waals surface area contributed by atoms with E-state index in [0.717, 1.165) is 17.2 Å². The first kappa shape index (κ1) is 15.4. The van der Waals surface area contributed by atoms with Crippen LogP contribution in [0, 0.1) is 5.92 Å². The number of thioether (sulfide) groups is 1. The van der Waals surface area contributed by atoms with Gasteiger partial charge in [0.15, 0.2) is 0 Å². The van der Waals surface area contributed by atoms with E-state index in [2.05, 4.69) is 5.32 Å². The zero-order valence-electron chi connectivity index (χ0n) is 12.1. The van der Waals surface area contributed by atoms with Crippen LogP contribution in [0.5, 0.6) is 0 Å². The molecule has 1 atom stereocenters. The maximum Gasteiger partial charge on any atom is 0.243 e. The van der Waals surface area contributed by atoms with Crippen molar-refractivity contribution in [3.8, 4) is 0 Å². The Kier molecular flexibility index (Phi) is 5.49. The van der Waals surface area contributed by atoms with Crippen LogP contribution >= 0.6 is 11.8 Å². The second-order valence-electron chi connectivity index (χ2n) is 5.55. The Labute approximate surface area is 125 Å². The molecule has 1 aliphatic carbocycles. The van der Waals surface area contributed by atoms with Crippen molar-refractivity contribution in [1.29, 1.82) is 0 Å². The lowest BCUT2D eigenvalue weighted by atomic mass is 9.91. The highest BCUT2D eigenvalue weighted by molar-refractivity contribution is 7.99. The zero-order valence-corrected chi connectivity index (χ0v) is 12.9. The van der Waals surface area contributed by atoms with Crippen molar-refractivity contribution in [1.82, 2.24) is 5.32 Å². The lowest BCUT2D eigenvalue weighted by Gasteiger charge is -2.31. The van der Waals surface area contributed by atoms with Gasteiger partial charge in [0, 0.05) is 5.75 Å².